The number of benzene rings is 1. The minimum atomic E-state index is -0.555. The Morgan fingerprint density at radius 1 is 1.29 bits per heavy atom. The second-order valence-corrected chi connectivity index (χ2v) is 9.29. The van der Waals surface area contributed by atoms with Gasteiger partial charge in [-0.2, -0.15) is 0 Å². The molecule has 2 N–H and O–H groups in total. The molecule has 28 heavy (non-hydrogen) atoms. The Morgan fingerprint density at radius 3 is 2.61 bits per heavy atom. The highest BCUT2D eigenvalue weighted by molar-refractivity contribution is 7.99. The molecule has 0 bridgehead atoms. The number of nitrogens with zero attached hydrogens (tertiary/aromatic N) is 2. The predicted octanol–water partition coefficient (Wildman–Crippen LogP) is 3.34. The van der Waals surface area contributed by atoms with Crippen molar-refractivity contribution in [1.82, 2.24) is 9.80 Å². The van der Waals surface area contributed by atoms with Gasteiger partial charge in [0.2, 0.25) is 0 Å². The van der Waals surface area contributed by atoms with Gasteiger partial charge in [-0.05, 0) is 32.9 Å². The van der Waals surface area contributed by atoms with Gasteiger partial charge in [0.25, 0.3) is 0 Å². The minimum Gasteiger partial charge on any atom is -0.444 e. The summed E-state index contributed by atoms with van der Waals surface area (Å²) in [5.74, 6) is 1.18. The highest BCUT2D eigenvalue weighted by Gasteiger charge is 2.25. The number of carbonyl (C=O) groups excluding carboxylic acids is 1. The van der Waals surface area contributed by atoms with Crippen LogP contribution in [0.3, 0.4) is 0 Å². The van der Waals surface area contributed by atoms with E-state index in [4.69, 9.17) is 16.3 Å². The lowest BCUT2D eigenvalue weighted by Crippen LogP contribution is -2.50. The fourth-order valence-electron chi connectivity index (χ4n) is 2.79. The third-order valence-electron chi connectivity index (χ3n) is 4.28. The lowest BCUT2D eigenvalue weighted by Gasteiger charge is -2.35. The van der Waals surface area contributed by atoms with Crippen LogP contribution in [0.15, 0.2) is 29.2 Å². The Labute approximate surface area is 177 Å². The molecule has 6 nitrogen and oxygen atoms in total. The summed E-state index contributed by atoms with van der Waals surface area (Å²) >= 11 is 7.45. The van der Waals surface area contributed by atoms with Crippen LogP contribution in [0.1, 0.15) is 20.8 Å². The molecule has 1 amide bonds. The van der Waals surface area contributed by atoms with E-state index in [0.29, 0.717) is 19.6 Å². The molecule has 8 heteroatoms. The van der Waals surface area contributed by atoms with Crippen molar-refractivity contribution in [2.24, 2.45) is 0 Å². The molecule has 1 aliphatic heterocycles. The van der Waals surface area contributed by atoms with Gasteiger partial charge in [-0.3, -0.25) is 4.90 Å². The molecule has 0 aliphatic carbocycles. The summed E-state index contributed by atoms with van der Waals surface area (Å²) in [7, 11) is 0. The molecule has 0 radical (unpaired) electrons. The number of thioether (sulfide) groups is 1. The monoisotopic (exact) mass is 429 g/mol. The first kappa shape index (κ1) is 23.1. The molecule has 1 aliphatic rings. The van der Waals surface area contributed by atoms with E-state index >= 15 is 0 Å². The van der Waals surface area contributed by atoms with Crippen molar-refractivity contribution in [2.45, 2.75) is 37.4 Å². The fraction of sp³-hybridized carbons (Fsp3) is 0.650. The zero-order valence-electron chi connectivity index (χ0n) is 17.0. The number of alkyl halides is 1. The van der Waals surface area contributed by atoms with E-state index in [1.807, 2.05) is 39.0 Å². The van der Waals surface area contributed by atoms with Crippen LogP contribution in [0.5, 0.6) is 0 Å². The van der Waals surface area contributed by atoms with Crippen molar-refractivity contribution in [1.29, 1.82) is 0 Å². The third kappa shape index (κ3) is 8.07. The maximum absolute atomic E-state index is 12.1. The quantitative estimate of drug-likeness (QED) is 0.488. The van der Waals surface area contributed by atoms with Crippen molar-refractivity contribution in [3.8, 4) is 0 Å². The second-order valence-electron chi connectivity index (χ2n) is 7.84. The lowest BCUT2D eigenvalue weighted by atomic mass is 10.2. The van der Waals surface area contributed by atoms with Crippen LogP contribution in [0.4, 0.5) is 10.5 Å². The first-order chi connectivity index (χ1) is 13.3. The van der Waals surface area contributed by atoms with Gasteiger partial charge in [0.1, 0.15) is 5.60 Å². The van der Waals surface area contributed by atoms with Crippen LogP contribution in [-0.2, 0) is 4.74 Å². The minimum absolute atomic E-state index is 0.220. The number of piperazine rings is 1. The number of rotatable bonds is 8. The molecule has 1 aromatic rings. The van der Waals surface area contributed by atoms with Crippen molar-refractivity contribution < 1.29 is 14.6 Å². The van der Waals surface area contributed by atoms with Gasteiger partial charge in [-0.15, -0.1) is 23.4 Å². The summed E-state index contributed by atoms with van der Waals surface area (Å²) in [6.45, 7) is 10.2. The SMILES string of the molecule is CC(C)(C)OC(=O)N1CCN(CCSc2ccccc2NCC(O)CCl)CC1. The molecule has 1 heterocycles. The zero-order chi connectivity index (χ0) is 20.6. The second kappa shape index (κ2) is 11.1. The number of carbonyl (C=O) groups is 1. The fourth-order valence-corrected chi connectivity index (χ4v) is 3.94. The Balaban J connectivity index is 1.73. The highest BCUT2D eigenvalue weighted by atomic mass is 35.5. The molecule has 0 spiro atoms. The molecule has 1 aromatic carbocycles. The third-order valence-corrected chi connectivity index (χ3v) is 5.69. The summed E-state index contributed by atoms with van der Waals surface area (Å²) in [5.41, 5.74) is 0.568. The molecular weight excluding hydrogens is 398 g/mol. The summed E-state index contributed by atoms with van der Waals surface area (Å²) in [5, 5.41) is 12.9. The van der Waals surface area contributed by atoms with Crippen molar-refractivity contribution in [2.75, 3.05) is 56.2 Å². The summed E-state index contributed by atoms with van der Waals surface area (Å²) < 4.78 is 5.44. The van der Waals surface area contributed by atoms with Gasteiger partial charge in [-0.25, -0.2) is 4.79 Å². The number of anilines is 1. The largest absolute Gasteiger partial charge is 0.444 e. The topological polar surface area (TPSA) is 65.0 Å². The Morgan fingerprint density at radius 2 is 1.96 bits per heavy atom. The van der Waals surface area contributed by atoms with Crippen LogP contribution < -0.4 is 5.32 Å². The van der Waals surface area contributed by atoms with E-state index in [-0.39, 0.29) is 12.0 Å². The van der Waals surface area contributed by atoms with E-state index in [0.717, 1.165) is 36.0 Å². The standard InChI is InChI=1S/C20H32ClN3O3S/c1-20(2,3)27-19(26)24-10-8-23(9-11-24)12-13-28-18-7-5-4-6-17(18)22-15-16(25)14-21/h4-7,16,22,25H,8-15H2,1-3H3. The number of nitrogens with one attached hydrogen (secondary N) is 1. The maximum atomic E-state index is 12.1. The van der Waals surface area contributed by atoms with E-state index in [1.54, 1.807) is 16.7 Å². The lowest BCUT2D eigenvalue weighted by molar-refractivity contribution is 0.0150. The molecule has 2 rings (SSSR count). The van der Waals surface area contributed by atoms with E-state index in [2.05, 4.69) is 16.3 Å². The molecule has 158 valence electrons. The molecular formula is C20H32ClN3O3S. The first-order valence-corrected chi connectivity index (χ1v) is 11.2. The number of aliphatic hydroxyl groups is 1. The highest BCUT2D eigenvalue weighted by Crippen LogP contribution is 2.27. The van der Waals surface area contributed by atoms with Gasteiger partial charge in [0.05, 0.1) is 12.0 Å². The summed E-state index contributed by atoms with van der Waals surface area (Å²) in [6, 6.07) is 8.10. The molecule has 0 saturated carbocycles. The Bertz CT molecular complexity index is 619. The molecule has 1 unspecified atom stereocenters. The number of ether oxygens (including phenoxy) is 1. The van der Waals surface area contributed by atoms with Crippen molar-refractivity contribution in [3.05, 3.63) is 24.3 Å². The average molecular weight is 430 g/mol. The van der Waals surface area contributed by atoms with Crippen molar-refractivity contribution >= 4 is 35.1 Å². The zero-order valence-corrected chi connectivity index (χ0v) is 18.6. The molecule has 1 fully saturated rings. The van der Waals surface area contributed by atoms with Crippen molar-refractivity contribution in [3.63, 3.8) is 0 Å². The Kier molecular flexibility index (Phi) is 9.21. The van der Waals surface area contributed by atoms with Gasteiger partial charge in [-0.1, -0.05) is 12.1 Å². The van der Waals surface area contributed by atoms with Crippen LogP contribution in [0.2, 0.25) is 0 Å². The molecule has 0 aromatic heterocycles. The molecule has 1 atom stereocenters. The molecule has 1 saturated heterocycles. The smallest absolute Gasteiger partial charge is 0.410 e. The van der Waals surface area contributed by atoms with E-state index in [1.165, 1.54) is 0 Å². The first-order valence-electron chi connectivity index (χ1n) is 9.68. The average Bonchev–Trinajstić information content (AvgIpc) is 2.66. The van der Waals surface area contributed by atoms with Crippen LogP contribution in [-0.4, -0.2) is 83.6 Å². The summed E-state index contributed by atoms with van der Waals surface area (Å²) in [4.78, 5) is 17.5. The van der Waals surface area contributed by atoms with Gasteiger partial charge >= 0.3 is 6.09 Å². The summed E-state index contributed by atoms with van der Waals surface area (Å²) in [6.07, 6.45) is -0.776. The van der Waals surface area contributed by atoms with Gasteiger partial charge in [0, 0.05) is 55.6 Å². The van der Waals surface area contributed by atoms with Crippen LogP contribution >= 0.6 is 23.4 Å². The predicted molar refractivity (Wildman–Crippen MR) is 117 cm³/mol. The van der Waals surface area contributed by atoms with E-state index < -0.39 is 11.7 Å². The van der Waals surface area contributed by atoms with Crippen LogP contribution in [0.25, 0.3) is 0 Å². The number of aliphatic hydroxyl groups excluding tert-OH is 1. The van der Waals surface area contributed by atoms with Gasteiger partial charge in [0.15, 0.2) is 0 Å². The Hall–Kier alpha value is -1.15. The van der Waals surface area contributed by atoms with Crippen LogP contribution in [0, 0.1) is 0 Å². The number of hydrogen-bond donors (Lipinski definition) is 2. The number of para-hydroxylation sites is 1. The van der Waals surface area contributed by atoms with Gasteiger partial charge < -0.3 is 20.1 Å². The van der Waals surface area contributed by atoms with E-state index in [9.17, 15) is 9.90 Å². The normalized spacial score (nSPS) is 16.7. The number of hydrogen-bond acceptors (Lipinski definition) is 6. The maximum Gasteiger partial charge on any atom is 0.410 e. The number of amides is 1. The number of halogens is 1.